The molecule has 130 valence electrons. The summed E-state index contributed by atoms with van der Waals surface area (Å²) in [6.45, 7) is 0.195. The van der Waals surface area contributed by atoms with Crippen molar-refractivity contribution in [3.05, 3.63) is 34.2 Å². The van der Waals surface area contributed by atoms with Crippen molar-refractivity contribution >= 4 is 43.0 Å². The highest BCUT2D eigenvalue weighted by atomic mass is 79.9. The van der Waals surface area contributed by atoms with Gasteiger partial charge in [-0.25, -0.2) is 9.02 Å². The molecule has 0 aliphatic heterocycles. The first-order chi connectivity index (χ1) is 11.3. The van der Waals surface area contributed by atoms with Crippen LogP contribution in [-0.4, -0.2) is 44.1 Å². The van der Waals surface area contributed by atoms with Gasteiger partial charge in [0, 0.05) is 34.0 Å². The van der Waals surface area contributed by atoms with Gasteiger partial charge in [0.15, 0.2) is 5.69 Å². The van der Waals surface area contributed by atoms with Crippen LogP contribution in [0.3, 0.4) is 0 Å². The van der Waals surface area contributed by atoms with Gasteiger partial charge in [0.25, 0.3) is 0 Å². The molecule has 0 aliphatic carbocycles. The van der Waals surface area contributed by atoms with Crippen LogP contribution in [0.15, 0.2) is 32.5 Å². The zero-order chi connectivity index (χ0) is 17.7. The molecule has 9 nitrogen and oxygen atoms in total. The first kappa shape index (κ1) is 18.1. The zero-order valence-electron chi connectivity index (χ0n) is 12.4. The second kappa shape index (κ2) is 7.57. The van der Waals surface area contributed by atoms with Gasteiger partial charge >= 0.3 is 0 Å². The third-order valence-electron chi connectivity index (χ3n) is 2.78. The maximum atomic E-state index is 13.3. The quantitative estimate of drug-likeness (QED) is 0.243. The molecule has 0 radical (unpaired) electrons. The van der Waals surface area contributed by atoms with Gasteiger partial charge in [-0.1, -0.05) is 5.16 Å². The Labute approximate surface area is 145 Å². The predicted octanol–water partition coefficient (Wildman–Crippen LogP) is 2.31. The van der Waals surface area contributed by atoms with Crippen LogP contribution in [0, 0.1) is 10.6 Å². The molecule has 0 saturated heterocycles. The Morgan fingerprint density at radius 3 is 2.92 bits per heavy atom. The van der Waals surface area contributed by atoms with E-state index < -0.39 is 15.5 Å². The number of oxime groups is 1. The molecule has 1 heterocycles. The van der Waals surface area contributed by atoms with Crippen LogP contribution < -0.4 is 10.6 Å². The minimum atomic E-state index is -2.65. The molecule has 0 fully saturated rings. The van der Waals surface area contributed by atoms with Crippen LogP contribution in [0.1, 0.15) is 5.69 Å². The van der Waals surface area contributed by atoms with Gasteiger partial charge in [0.05, 0.1) is 4.47 Å². The van der Waals surface area contributed by atoms with Gasteiger partial charge in [0.1, 0.15) is 5.82 Å². The topological polar surface area (TPSA) is 136 Å². The van der Waals surface area contributed by atoms with Crippen molar-refractivity contribution in [3.8, 4) is 0 Å². The van der Waals surface area contributed by atoms with E-state index in [1.54, 1.807) is 0 Å². The Hall–Kier alpha value is -2.21. The molecular formula is C12H14BrFN6O3S. The molecular weight excluding hydrogens is 407 g/mol. The fourth-order valence-corrected chi connectivity index (χ4v) is 2.54. The van der Waals surface area contributed by atoms with Crippen LogP contribution in [0.4, 0.5) is 15.9 Å². The molecule has 1 unspecified atom stereocenters. The fourth-order valence-electron chi connectivity index (χ4n) is 1.67. The van der Waals surface area contributed by atoms with Gasteiger partial charge < -0.3 is 15.8 Å². The van der Waals surface area contributed by atoms with E-state index in [9.17, 15) is 13.8 Å². The largest absolute Gasteiger partial charge is 0.409 e. The molecule has 1 aromatic heterocycles. The lowest BCUT2D eigenvalue weighted by Crippen LogP contribution is -2.19. The van der Waals surface area contributed by atoms with Crippen LogP contribution in [0.25, 0.3) is 0 Å². The van der Waals surface area contributed by atoms with Crippen molar-refractivity contribution in [1.29, 1.82) is 4.78 Å². The van der Waals surface area contributed by atoms with E-state index in [1.807, 2.05) is 0 Å². The number of amidine groups is 1. The molecule has 1 aromatic carbocycles. The third kappa shape index (κ3) is 4.89. The summed E-state index contributed by atoms with van der Waals surface area (Å²) in [5, 5.41) is 25.1. The summed E-state index contributed by atoms with van der Waals surface area (Å²) >= 11 is 3.05. The van der Waals surface area contributed by atoms with E-state index in [4.69, 9.17) is 4.78 Å². The van der Waals surface area contributed by atoms with Crippen molar-refractivity contribution in [1.82, 2.24) is 10.3 Å². The van der Waals surface area contributed by atoms with E-state index in [0.717, 1.165) is 0 Å². The van der Waals surface area contributed by atoms with Crippen molar-refractivity contribution in [2.24, 2.45) is 5.16 Å². The predicted molar refractivity (Wildman–Crippen MR) is 90.5 cm³/mol. The van der Waals surface area contributed by atoms with Crippen molar-refractivity contribution in [3.63, 3.8) is 0 Å². The molecule has 1 atom stereocenters. The lowest BCUT2D eigenvalue weighted by atomic mass is 10.3. The van der Waals surface area contributed by atoms with E-state index in [0.29, 0.717) is 5.69 Å². The number of hydrogen-bond donors (Lipinski definition) is 4. The van der Waals surface area contributed by atoms with Crippen LogP contribution in [0.2, 0.25) is 0 Å². The minimum absolute atomic E-state index is 0.0746. The van der Waals surface area contributed by atoms with Crippen molar-refractivity contribution in [2.75, 3.05) is 29.2 Å². The molecule has 2 rings (SSSR count). The normalized spacial score (nSPS) is 14.2. The maximum absolute atomic E-state index is 13.3. The molecule has 12 heteroatoms. The summed E-state index contributed by atoms with van der Waals surface area (Å²) in [5.41, 5.74) is 0.512. The Kier molecular flexibility index (Phi) is 5.72. The second-order valence-corrected chi connectivity index (χ2v) is 8.07. The summed E-state index contributed by atoms with van der Waals surface area (Å²) in [6.07, 6.45) is 1.32. The van der Waals surface area contributed by atoms with Crippen molar-refractivity contribution < 1.29 is 18.4 Å². The second-order valence-electron chi connectivity index (χ2n) is 4.80. The van der Waals surface area contributed by atoms with Crippen LogP contribution in [-0.2, 0) is 9.73 Å². The number of nitrogens with zero attached hydrogens (tertiary/aromatic N) is 3. The molecule has 24 heavy (non-hydrogen) atoms. The Balaban J connectivity index is 2.14. The Bertz CT molecular complexity index is 854. The molecule has 0 saturated carbocycles. The number of hydrogen-bond acceptors (Lipinski definition) is 8. The lowest BCUT2D eigenvalue weighted by Gasteiger charge is -2.08. The van der Waals surface area contributed by atoms with Crippen LogP contribution in [0.5, 0.6) is 0 Å². The smallest absolute Gasteiger partial charge is 0.203 e. The van der Waals surface area contributed by atoms with Crippen molar-refractivity contribution in [2.45, 2.75) is 0 Å². The van der Waals surface area contributed by atoms with Gasteiger partial charge in [-0.3, -0.25) is 8.99 Å². The SMILES string of the molecule is CS(=N)(=O)CCNc1nonc1/C(=N/O)Nc1ccc(F)c(Br)c1. The molecule has 0 spiro atoms. The first-order valence-corrected chi connectivity index (χ1v) is 9.45. The molecule has 4 N–H and O–H groups in total. The average Bonchev–Trinajstić information content (AvgIpc) is 2.95. The first-order valence-electron chi connectivity index (χ1n) is 6.52. The fraction of sp³-hybridized carbons (Fsp3) is 0.250. The molecule has 2 aromatic rings. The highest BCUT2D eigenvalue weighted by Crippen LogP contribution is 2.21. The minimum Gasteiger partial charge on any atom is -0.409 e. The summed E-state index contributed by atoms with van der Waals surface area (Å²) in [7, 11) is -2.65. The number of halogens is 2. The van der Waals surface area contributed by atoms with E-state index in [2.05, 4.69) is 46.7 Å². The van der Waals surface area contributed by atoms with E-state index in [-0.39, 0.29) is 34.1 Å². The lowest BCUT2D eigenvalue weighted by molar-refractivity contribution is 0.305. The maximum Gasteiger partial charge on any atom is 0.203 e. The number of anilines is 2. The summed E-state index contributed by atoms with van der Waals surface area (Å²) < 4.78 is 36.8. The highest BCUT2D eigenvalue weighted by molar-refractivity contribution is 9.10. The molecule has 0 aliphatic rings. The molecule has 0 bridgehead atoms. The zero-order valence-corrected chi connectivity index (χ0v) is 14.8. The number of rotatable bonds is 6. The number of nitrogens with one attached hydrogen (secondary N) is 3. The Morgan fingerprint density at radius 2 is 2.29 bits per heavy atom. The Morgan fingerprint density at radius 1 is 1.54 bits per heavy atom. The van der Waals surface area contributed by atoms with Crippen LogP contribution >= 0.6 is 15.9 Å². The van der Waals surface area contributed by atoms with E-state index >= 15 is 0 Å². The standard InChI is InChI=1S/C12H14BrFN6O3S/c1-24(15,22)5-4-16-11-10(19-23-20-11)12(18-21)17-7-2-3-9(14)8(13)6-7/h2-3,6,15,21H,4-5H2,1H3,(H,16,20)(H,17,18). The molecule has 0 amide bonds. The summed E-state index contributed by atoms with van der Waals surface area (Å²) in [5.74, 6) is -0.268. The number of aromatic nitrogens is 2. The highest BCUT2D eigenvalue weighted by Gasteiger charge is 2.18. The summed E-state index contributed by atoms with van der Waals surface area (Å²) in [4.78, 5) is 0. The average molecular weight is 421 g/mol. The van der Waals surface area contributed by atoms with Gasteiger partial charge in [0.2, 0.25) is 11.7 Å². The van der Waals surface area contributed by atoms with E-state index in [1.165, 1.54) is 24.5 Å². The van der Waals surface area contributed by atoms with Gasteiger partial charge in [-0.2, -0.15) is 0 Å². The summed E-state index contributed by atoms with van der Waals surface area (Å²) in [6, 6.07) is 4.12. The monoisotopic (exact) mass is 420 g/mol. The van der Waals surface area contributed by atoms with Gasteiger partial charge in [-0.15, -0.1) is 0 Å². The third-order valence-corrected chi connectivity index (χ3v) is 4.37. The van der Waals surface area contributed by atoms with Gasteiger partial charge in [-0.05, 0) is 44.4 Å². The number of benzene rings is 1.